The van der Waals surface area contributed by atoms with Gasteiger partial charge in [0.05, 0.1) is 5.60 Å². The Kier molecular flexibility index (Phi) is 13.0. The van der Waals surface area contributed by atoms with Crippen molar-refractivity contribution in [2.75, 3.05) is 0 Å². The maximum Gasteiger partial charge on any atom is 0 e. The molecule has 4 rings (SSSR count). The SMILES string of the molecule is Cc1ccc([C@H]2CC=CC[C@]3(O)c4ccccc4CC[C@@H]23)cc1.[C-]#[O+].[C-]#[O+].[C-]#[O+].[Cr]. The average Bonchev–Trinajstić information content (AvgIpc) is 2.97. The van der Waals surface area contributed by atoms with Gasteiger partial charge in [-0.2, -0.15) is 0 Å². The van der Waals surface area contributed by atoms with E-state index in [1.165, 1.54) is 16.7 Å². The monoisotopic (exact) mass is 440 g/mol. The summed E-state index contributed by atoms with van der Waals surface area (Å²) >= 11 is 0. The molecule has 5 heteroatoms. The summed E-state index contributed by atoms with van der Waals surface area (Å²) in [5, 5.41) is 11.7. The van der Waals surface area contributed by atoms with Crippen molar-refractivity contribution in [1.29, 1.82) is 0 Å². The van der Waals surface area contributed by atoms with Crippen LogP contribution < -0.4 is 0 Å². The molecule has 0 radical (unpaired) electrons. The van der Waals surface area contributed by atoms with Crippen LogP contribution in [-0.2, 0) is 43.3 Å². The number of aliphatic hydroxyl groups is 1. The molecule has 0 fully saturated rings. The maximum absolute atomic E-state index is 11.7. The fourth-order valence-electron chi connectivity index (χ4n) is 4.56. The van der Waals surface area contributed by atoms with Crippen LogP contribution in [0, 0.1) is 32.8 Å². The number of hydrogen-bond acceptors (Lipinski definition) is 1. The summed E-state index contributed by atoms with van der Waals surface area (Å²) in [5.74, 6) is 0.683. The smallest absolute Gasteiger partial charge is 0 e. The van der Waals surface area contributed by atoms with Crippen molar-refractivity contribution in [3.05, 3.63) is 103 Å². The molecule has 3 atom stereocenters. The van der Waals surface area contributed by atoms with E-state index in [0.717, 1.165) is 31.2 Å². The first kappa shape index (κ1) is 27.9. The molecule has 0 bridgehead atoms. The van der Waals surface area contributed by atoms with Gasteiger partial charge in [-0.15, -0.1) is 0 Å². The molecule has 30 heavy (non-hydrogen) atoms. The third kappa shape index (κ3) is 5.96. The molecule has 4 nitrogen and oxygen atoms in total. The van der Waals surface area contributed by atoms with Gasteiger partial charge in [0.1, 0.15) is 0 Å². The second-order valence-corrected chi connectivity index (χ2v) is 7.15. The second-order valence-electron chi connectivity index (χ2n) is 7.15. The van der Waals surface area contributed by atoms with Gasteiger partial charge in [-0.1, -0.05) is 66.2 Å². The Morgan fingerprint density at radius 3 is 2.13 bits per heavy atom. The van der Waals surface area contributed by atoms with E-state index in [1.54, 1.807) is 0 Å². The van der Waals surface area contributed by atoms with E-state index in [2.05, 4.69) is 87.6 Å². The Morgan fingerprint density at radius 1 is 0.900 bits per heavy atom. The van der Waals surface area contributed by atoms with Crippen LogP contribution in [0.4, 0.5) is 0 Å². The predicted molar refractivity (Wildman–Crippen MR) is 106 cm³/mol. The number of benzene rings is 2. The minimum absolute atomic E-state index is 0. The van der Waals surface area contributed by atoms with Crippen LogP contribution in [0.25, 0.3) is 0 Å². The van der Waals surface area contributed by atoms with Crippen molar-refractivity contribution < 1.29 is 36.4 Å². The van der Waals surface area contributed by atoms with Crippen LogP contribution in [-0.4, -0.2) is 5.11 Å². The van der Waals surface area contributed by atoms with Gasteiger partial charge in [-0.05, 0) is 61.1 Å². The minimum atomic E-state index is -0.725. The molecule has 1 N–H and O–H groups in total. The fourth-order valence-corrected chi connectivity index (χ4v) is 4.56. The zero-order valence-corrected chi connectivity index (χ0v) is 18.1. The first-order chi connectivity index (χ1) is 14.2. The molecular weight excluding hydrogens is 416 g/mol. The van der Waals surface area contributed by atoms with Crippen LogP contribution in [0.5, 0.6) is 0 Å². The van der Waals surface area contributed by atoms with Crippen LogP contribution in [0.2, 0.25) is 0 Å². The van der Waals surface area contributed by atoms with Crippen molar-refractivity contribution >= 4 is 0 Å². The van der Waals surface area contributed by atoms with E-state index in [4.69, 9.17) is 14.0 Å². The topological polar surface area (TPSA) is 79.9 Å². The quantitative estimate of drug-likeness (QED) is 0.387. The van der Waals surface area contributed by atoms with Crippen LogP contribution in [0.15, 0.2) is 60.7 Å². The van der Waals surface area contributed by atoms with Gasteiger partial charge in [0.2, 0.25) is 0 Å². The van der Waals surface area contributed by atoms with Crippen LogP contribution in [0.3, 0.4) is 0 Å². The third-order valence-corrected chi connectivity index (χ3v) is 5.80. The van der Waals surface area contributed by atoms with Crippen molar-refractivity contribution in [2.45, 2.75) is 44.1 Å². The number of aryl methyl sites for hydroxylation is 2. The van der Waals surface area contributed by atoms with Crippen molar-refractivity contribution in [3.8, 4) is 0 Å². The molecule has 154 valence electrons. The normalized spacial score (nSPS) is 22.8. The minimum Gasteiger partial charge on any atom is 0 e. The number of rotatable bonds is 1. The van der Waals surface area contributed by atoms with Gasteiger partial charge in [0.25, 0.3) is 0 Å². The summed E-state index contributed by atoms with van der Waals surface area (Å²) in [4.78, 5) is 0. The zero-order chi connectivity index (χ0) is 21.9. The fraction of sp³-hybridized carbons (Fsp3) is 0.320. The van der Waals surface area contributed by atoms with Gasteiger partial charge in [-0.3, -0.25) is 0 Å². The molecule has 0 aromatic heterocycles. The number of hydrogen-bond donors (Lipinski definition) is 1. The Bertz CT molecular complexity index is 852. The molecule has 2 aromatic rings. The van der Waals surface area contributed by atoms with E-state index in [0.29, 0.717) is 5.92 Å². The maximum atomic E-state index is 11.7. The molecule has 2 aromatic carbocycles. The van der Waals surface area contributed by atoms with Gasteiger partial charge >= 0.3 is 33.9 Å². The summed E-state index contributed by atoms with van der Waals surface area (Å²) in [6, 6.07) is 17.4. The number of allylic oxidation sites excluding steroid dienone is 1. The Labute approximate surface area is 189 Å². The molecule has 0 spiro atoms. The first-order valence-electron chi connectivity index (χ1n) is 9.32. The molecule has 2 aliphatic rings. The summed E-state index contributed by atoms with van der Waals surface area (Å²) in [5.41, 5.74) is 4.41. The molecule has 0 saturated heterocycles. The molecule has 2 aliphatic carbocycles. The molecule has 0 aliphatic heterocycles. The number of fused-ring (bicyclic) bond motifs is 3. The van der Waals surface area contributed by atoms with E-state index in [9.17, 15) is 5.11 Å². The summed E-state index contributed by atoms with van der Waals surface area (Å²) in [7, 11) is 0. The van der Waals surface area contributed by atoms with E-state index in [1.807, 2.05) is 0 Å². The average molecular weight is 440 g/mol. The van der Waals surface area contributed by atoms with Gasteiger partial charge in [-0.25, -0.2) is 0 Å². The molecule has 0 amide bonds. The Balaban J connectivity index is 0.00000111. The Morgan fingerprint density at radius 2 is 1.50 bits per heavy atom. The largest absolute Gasteiger partial charge is 0 e. The van der Waals surface area contributed by atoms with Gasteiger partial charge < -0.3 is 5.11 Å². The van der Waals surface area contributed by atoms with E-state index >= 15 is 0 Å². The molecule has 0 unspecified atom stereocenters. The summed E-state index contributed by atoms with van der Waals surface area (Å²) in [6.45, 7) is 15.6. The predicted octanol–water partition coefficient (Wildman–Crippen LogP) is 4.76. The van der Waals surface area contributed by atoms with Crippen LogP contribution >= 0.6 is 0 Å². The molecular formula is C25H24CrO4. The van der Waals surface area contributed by atoms with Gasteiger partial charge in [0, 0.05) is 17.4 Å². The van der Waals surface area contributed by atoms with E-state index in [-0.39, 0.29) is 23.3 Å². The van der Waals surface area contributed by atoms with E-state index < -0.39 is 5.60 Å². The van der Waals surface area contributed by atoms with Crippen LogP contribution in [0.1, 0.15) is 47.4 Å². The van der Waals surface area contributed by atoms with Crippen molar-refractivity contribution in [3.63, 3.8) is 0 Å². The van der Waals surface area contributed by atoms with Gasteiger partial charge in [0.15, 0.2) is 0 Å². The Hall–Kier alpha value is -2.11. The second kappa shape index (κ2) is 14.0. The zero-order valence-electron chi connectivity index (χ0n) is 16.8. The molecule has 0 heterocycles. The van der Waals surface area contributed by atoms with Crippen molar-refractivity contribution in [1.82, 2.24) is 0 Å². The molecule has 0 saturated carbocycles. The standard InChI is InChI=1S/C22H24O.3CO.Cr/c1-16-9-11-17(12-10-16)19-7-4-5-15-22(23)20-8-3-2-6-18(20)13-14-21(19)22;3*1-2;/h2-6,8-12,19,21,23H,7,13-15H2,1H3;;;;/t19-,21+,22+;;;;/m1..../s1. The summed E-state index contributed by atoms with van der Waals surface area (Å²) < 4.78 is 22.5. The van der Waals surface area contributed by atoms with Crippen molar-refractivity contribution in [2.24, 2.45) is 5.92 Å². The summed E-state index contributed by atoms with van der Waals surface area (Å²) in [6.07, 6.45) is 8.35. The first-order valence-corrected chi connectivity index (χ1v) is 9.32. The third-order valence-electron chi connectivity index (χ3n) is 5.80.